The Morgan fingerprint density at radius 2 is 2.12 bits per heavy atom. The molecule has 1 N–H and O–H groups in total. The Morgan fingerprint density at radius 1 is 1.38 bits per heavy atom. The van der Waals surface area contributed by atoms with Crippen molar-refractivity contribution in [1.82, 2.24) is 0 Å². The number of carboxylic acid groups (broad SMARTS) is 1. The molecule has 1 heterocycles. The highest BCUT2D eigenvalue weighted by Crippen LogP contribution is 2.26. The summed E-state index contributed by atoms with van der Waals surface area (Å²) >= 11 is 11.8. The normalized spacial score (nSPS) is 14.6. The number of nitrogens with zero attached hydrogens (tertiary/aromatic N) is 1. The molecule has 0 aromatic heterocycles. The van der Waals surface area contributed by atoms with Gasteiger partial charge in [0.05, 0.1) is 16.3 Å². The molecule has 0 atom stereocenters. The van der Waals surface area contributed by atoms with E-state index < -0.39 is 5.97 Å². The molecule has 0 saturated carbocycles. The lowest BCUT2D eigenvalue weighted by Gasteiger charge is -2.04. The van der Waals surface area contributed by atoms with Crippen LogP contribution in [0.15, 0.2) is 35.0 Å². The van der Waals surface area contributed by atoms with Gasteiger partial charge in [0, 0.05) is 23.2 Å². The first-order valence-corrected chi connectivity index (χ1v) is 5.28. The second-order valence-electron chi connectivity index (χ2n) is 3.34. The Balaban J connectivity index is 2.26. The molecule has 0 fully saturated rings. The van der Waals surface area contributed by atoms with Crippen LogP contribution in [0.25, 0.3) is 0 Å². The number of hydrogen-bond donors (Lipinski definition) is 1. The van der Waals surface area contributed by atoms with Crippen LogP contribution in [0, 0.1) is 0 Å². The van der Waals surface area contributed by atoms with Crippen LogP contribution in [-0.2, 0) is 4.79 Å². The lowest BCUT2D eigenvalue weighted by Crippen LogP contribution is -2.04. The molecule has 82 valence electrons. The molecule has 16 heavy (non-hydrogen) atoms. The van der Waals surface area contributed by atoms with Gasteiger partial charge in [-0.2, -0.15) is 0 Å². The number of hydrogen-bond acceptors (Lipinski definition) is 2. The molecule has 0 radical (unpaired) electrons. The Morgan fingerprint density at radius 3 is 2.69 bits per heavy atom. The van der Waals surface area contributed by atoms with E-state index in [-0.39, 0.29) is 12.0 Å². The predicted octanol–water partition coefficient (Wildman–Crippen LogP) is 3.15. The van der Waals surface area contributed by atoms with Gasteiger partial charge in [-0.1, -0.05) is 29.3 Å². The van der Waals surface area contributed by atoms with Crippen LogP contribution in [0.3, 0.4) is 0 Å². The molecular weight excluding hydrogens is 249 g/mol. The summed E-state index contributed by atoms with van der Waals surface area (Å²) in [5.41, 5.74) is 1.64. The van der Waals surface area contributed by atoms with Gasteiger partial charge < -0.3 is 5.11 Å². The number of aliphatic imine (C=N–C) groups is 1. The van der Waals surface area contributed by atoms with Crippen molar-refractivity contribution in [2.24, 2.45) is 4.99 Å². The van der Waals surface area contributed by atoms with E-state index in [2.05, 4.69) is 4.99 Å². The molecule has 0 aliphatic carbocycles. The number of aliphatic carboxylic acids is 1. The molecule has 1 aliphatic heterocycles. The number of rotatable bonds is 2. The first-order chi connectivity index (χ1) is 7.58. The molecule has 5 heteroatoms. The number of halogens is 2. The van der Waals surface area contributed by atoms with Crippen molar-refractivity contribution in [2.75, 3.05) is 0 Å². The predicted molar refractivity (Wildman–Crippen MR) is 63.3 cm³/mol. The minimum absolute atomic E-state index is 0.265. The van der Waals surface area contributed by atoms with Gasteiger partial charge in [-0.05, 0) is 12.1 Å². The molecule has 3 nitrogen and oxygen atoms in total. The third-order valence-corrected chi connectivity index (χ3v) is 2.80. The summed E-state index contributed by atoms with van der Waals surface area (Å²) < 4.78 is 0. The zero-order valence-electron chi connectivity index (χ0n) is 8.08. The maximum absolute atomic E-state index is 10.7. The van der Waals surface area contributed by atoms with Crippen molar-refractivity contribution in [3.05, 3.63) is 45.6 Å². The molecule has 1 aliphatic rings. The Hall–Kier alpha value is -1.32. The van der Waals surface area contributed by atoms with E-state index in [1.165, 1.54) is 6.20 Å². The number of benzene rings is 1. The van der Waals surface area contributed by atoms with Gasteiger partial charge in [-0.3, -0.25) is 4.99 Å². The Kier molecular flexibility index (Phi) is 2.99. The van der Waals surface area contributed by atoms with Crippen LogP contribution in [-0.4, -0.2) is 16.8 Å². The molecule has 1 aromatic carbocycles. The molecule has 0 bridgehead atoms. The van der Waals surface area contributed by atoms with Crippen LogP contribution in [0.1, 0.15) is 12.0 Å². The summed E-state index contributed by atoms with van der Waals surface area (Å²) in [4.78, 5) is 14.8. The summed E-state index contributed by atoms with van der Waals surface area (Å²) in [6, 6.07) is 5.05. The van der Waals surface area contributed by atoms with Crippen molar-refractivity contribution in [1.29, 1.82) is 0 Å². The summed E-state index contributed by atoms with van der Waals surface area (Å²) in [5.74, 6) is -0.955. The molecule has 2 rings (SSSR count). The summed E-state index contributed by atoms with van der Waals surface area (Å²) in [6.07, 6.45) is 1.64. The average Bonchev–Trinajstić information content (AvgIpc) is 2.66. The van der Waals surface area contributed by atoms with Crippen molar-refractivity contribution in [3.8, 4) is 0 Å². The highest BCUT2D eigenvalue weighted by atomic mass is 35.5. The van der Waals surface area contributed by atoms with Gasteiger partial charge in [-0.25, -0.2) is 4.79 Å². The second-order valence-corrected chi connectivity index (χ2v) is 4.18. The zero-order valence-corrected chi connectivity index (χ0v) is 9.59. The Bertz CT molecular complexity index is 521. The maximum atomic E-state index is 10.7. The average molecular weight is 256 g/mol. The fourth-order valence-electron chi connectivity index (χ4n) is 1.45. The van der Waals surface area contributed by atoms with Crippen molar-refractivity contribution >= 4 is 34.9 Å². The molecule has 0 unspecified atom stereocenters. The van der Waals surface area contributed by atoms with E-state index in [0.29, 0.717) is 15.8 Å². The van der Waals surface area contributed by atoms with Crippen LogP contribution >= 0.6 is 23.2 Å². The van der Waals surface area contributed by atoms with E-state index in [9.17, 15) is 4.79 Å². The third-order valence-electron chi connectivity index (χ3n) is 2.25. The highest BCUT2D eigenvalue weighted by Gasteiger charge is 2.19. The fraction of sp³-hybridized carbons (Fsp3) is 0.0909. The van der Waals surface area contributed by atoms with Gasteiger partial charge in [0.1, 0.15) is 0 Å². The first-order valence-electron chi connectivity index (χ1n) is 4.52. The Labute approximate surface area is 102 Å². The number of carboxylic acids is 1. The topological polar surface area (TPSA) is 49.7 Å². The van der Waals surface area contributed by atoms with E-state index in [1.807, 2.05) is 0 Å². The number of carbonyl (C=O) groups is 1. The minimum atomic E-state index is -0.955. The highest BCUT2D eigenvalue weighted by molar-refractivity contribution is 6.37. The monoisotopic (exact) mass is 255 g/mol. The maximum Gasteiger partial charge on any atom is 0.333 e. The van der Waals surface area contributed by atoms with Crippen molar-refractivity contribution < 1.29 is 9.90 Å². The summed E-state index contributed by atoms with van der Waals surface area (Å²) in [7, 11) is 0. The smallest absolute Gasteiger partial charge is 0.333 e. The largest absolute Gasteiger partial charge is 0.478 e. The van der Waals surface area contributed by atoms with Crippen LogP contribution in [0.2, 0.25) is 10.0 Å². The lowest BCUT2D eigenvalue weighted by molar-refractivity contribution is -0.132. The van der Waals surface area contributed by atoms with E-state index in [0.717, 1.165) is 5.56 Å². The van der Waals surface area contributed by atoms with Crippen molar-refractivity contribution in [3.63, 3.8) is 0 Å². The quantitative estimate of drug-likeness (QED) is 0.883. The standard InChI is InChI=1S/C11H7Cl2NO2/c12-7-1-2-8(9(13)4-7)10-3-6(5-14-10)11(15)16/h1-2,4-5H,3H2,(H,15,16). The van der Waals surface area contributed by atoms with Gasteiger partial charge in [0.25, 0.3) is 0 Å². The SMILES string of the molecule is O=C(O)C1=CN=C(c2ccc(Cl)cc2Cl)C1. The molecule has 0 spiro atoms. The minimum Gasteiger partial charge on any atom is -0.478 e. The van der Waals surface area contributed by atoms with Gasteiger partial charge in [0.2, 0.25) is 0 Å². The van der Waals surface area contributed by atoms with Crippen LogP contribution in [0.4, 0.5) is 0 Å². The molecule has 1 aromatic rings. The van der Waals surface area contributed by atoms with Crippen molar-refractivity contribution in [2.45, 2.75) is 6.42 Å². The van der Waals surface area contributed by atoms with Gasteiger partial charge in [-0.15, -0.1) is 0 Å². The summed E-state index contributed by atoms with van der Waals surface area (Å²) in [6.45, 7) is 0. The van der Waals surface area contributed by atoms with Gasteiger partial charge in [0.15, 0.2) is 0 Å². The fourth-order valence-corrected chi connectivity index (χ4v) is 1.96. The van der Waals surface area contributed by atoms with E-state index >= 15 is 0 Å². The third kappa shape index (κ3) is 2.10. The summed E-state index contributed by atoms with van der Waals surface area (Å²) in [5, 5.41) is 9.81. The van der Waals surface area contributed by atoms with E-state index in [1.54, 1.807) is 18.2 Å². The van der Waals surface area contributed by atoms with E-state index in [4.69, 9.17) is 28.3 Å². The lowest BCUT2D eigenvalue weighted by atomic mass is 10.0. The zero-order chi connectivity index (χ0) is 11.7. The van der Waals surface area contributed by atoms with Crippen LogP contribution < -0.4 is 0 Å². The van der Waals surface area contributed by atoms with Crippen LogP contribution in [0.5, 0.6) is 0 Å². The van der Waals surface area contributed by atoms with Gasteiger partial charge >= 0.3 is 5.97 Å². The molecule has 0 amide bonds. The molecular formula is C11H7Cl2NO2. The first kappa shape index (κ1) is 11.2. The molecule has 0 saturated heterocycles. The second kappa shape index (κ2) is 4.28.